The second kappa shape index (κ2) is 6.91. The van der Waals surface area contributed by atoms with Crippen molar-refractivity contribution in [3.8, 4) is 0 Å². The minimum absolute atomic E-state index is 0.412. The Kier molecular flexibility index (Phi) is 5.50. The summed E-state index contributed by atoms with van der Waals surface area (Å²) in [5, 5.41) is 3.88. The molecule has 2 heterocycles. The van der Waals surface area contributed by atoms with Gasteiger partial charge in [-0.25, -0.2) is 0 Å². The minimum Gasteiger partial charge on any atom is -0.378 e. The van der Waals surface area contributed by atoms with E-state index in [0.717, 1.165) is 12.5 Å². The molecule has 2 aliphatic rings. The monoisotopic (exact) mass is 253 g/mol. The van der Waals surface area contributed by atoms with Gasteiger partial charge in [-0.3, -0.25) is 0 Å². The molecule has 0 spiro atoms. The van der Waals surface area contributed by atoms with Gasteiger partial charge in [0, 0.05) is 12.1 Å². The van der Waals surface area contributed by atoms with Crippen LogP contribution in [0.25, 0.3) is 0 Å². The fourth-order valence-corrected chi connectivity index (χ4v) is 3.68. The lowest BCUT2D eigenvalue weighted by molar-refractivity contribution is 0.0963. The van der Waals surface area contributed by atoms with Gasteiger partial charge in [0.05, 0.1) is 6.10 Å². The first kappa shape index (κ1) is 14.3. The molecule has 0 radical (unpaired) electrons. The Morgan fingerprint density at radius 2 is 2.11 bits per heavy atom. The molecular formula is C16H31NO. The smallest absolute Gasteiger partial charge is 0.0576 e. The third-order valence-corrected chi connectivity index (χ3v) is 5.05. The maximum Gasteiger partial charge on any atom is 0.0576 e. The van der Waals surface area contributed by atoms with Gasteiger partial charge in [0.2, 0.25) is 0 Å². The molecule has 18 heavy (non-hydrogen) atoms. The topological polar surface area (TPSA) is 21.3 Å². The van der Waals surface area contributed by atoms with E-state index in [0.29, 0.717) is 11.6 Å². The van der Waals surface area contributed by atoms with Crippen molar-refractivity contribution in [2.24, 2.45) is 5.92 Å². The van der Waals surface area contributed by atoms with Crippen molar-refractivity contribution >= 4 is 0 Å². The van der Waals surface area contributed by atoms with E-state index in [1.54, 1.807) is 0 Å². The van der Waals surface area contributed by atoms with E-state index in [9.17, 15) is 0 Å². The third-order valence-electron chi connectivity index (χ3n) is 5.05. The van der Waals surface area contributed by atoms with Gasteiger partial charge in [-0.1, -0.05) is 26.7 Å². The zero-order valence-corrected chi connectivity index (χ0v) is 12.3. The molecule has 2 unspecified atom stereocenters. The summed E-state index contributed by atoms with van der Waals surface area (Å²) in [6, 6.07) is 0. The molecule has 0 amide bonds. The van der Waals surface area contributed by atoms with E-state index in [4.69, 9.17) is 4.74 Å². The van der Waals surface area contributed by atoms with Crippen LogP contribution in [-0.4, -0.2) is 24.8 Å². The Balaban J connectivity index is 1.80. The number of ether oxygens (including phenoxy) is 1. The first-order valence-corrected chi connectivity index (χ1v) is 8.09. The van der Waals surface area contributed by atoms with Crippen LogP contribution in [0.15, 0.2) is 0 Å². The zero-order chi connectivity index (χ0) is 12.8. The second-order valence-corrected chi connectivity index (χ2v) is 6.58. The van der Waals surface area contributed by atoms with Gasteiger partial charge in [-0.2, -0.15) is 0 Å². The molecule has 2 rings (SSSR count). The Labute approximate surface area is 113 Å². The molecule has 0 aromatic rings. The summed E-state index contributed by atoms with van der Waals surface area (Å²) in [6.45, 7) is 7.01. The maximum atomic E-state index is 5.74. The molecule has 2 nitrogen and oxygen atoms in total. The molecule has 0 aliphatic carbocycles. The van der Waals surface area contributed by atoms with Crippen LogP contribution in [0.5, 0.6) is 0 Å². The molecule has 2 atom stereocenters. The lowest BCUT2D eigenvalue weighted by Gasteiger charge is -2.38. The van der Waals surface area contributed by atoms with Crippen LogP contribution in [0, 0.1) is 5.92 Å². The molecule has 0 aromatic carbocycles. The van der Waals surface area contributed by atoms with Crippen LogP contribution < -0.4 is 5.32 Å². The minimum atomic E-state index is 0.412. The van der Waals surface area contributed by atoms with Crippen molar-refractivity contribution in [1.29, 1.82) is 0 Å². The second-order valence-electron chi connectivity index (χ2n) is 6.58. The predicted octanol–water partition coefficient (Wildman–Crippen LogP) is 3.89. The number of nitrogens with one attached hydrogen (secondary N) is 1. The van der Waals surface area contributed by atoms with Crippen LogP contribution in [0.2, 0.25) is 0 Å². The van der Waals surface area contributed by atoms with Gasteiger partial charge >= 0.3 is 0 Å². The maximum absolute atomic E-state index is 5.74. The molecule has 2 saturated heterocycles. The van der Waals surface area contributed by atoms with E-state index in [-0.39, 0.29) is 0 Å². The van der Waals surface area contributed by atoms with Gasteiger partial charge < -0.3 is 10.1 Å². The standard InChI is InChI=1S/C16H31NO/c1-14(2)16(10-4-3-5-12-17-16)11-6-8-15-9-7-13-18-15/h14-15,17H,3-13H2,1-2H3. The van der Waals surface area contributed by atoms with E-state index in [1.807, 2.05) is 0 Å². The average Bonchev–Trinajstić information content (AvgIpc) is 2.74. The molecular weight excluding hydrogens is 222 g/mol. The fraction of sp³-hybridized carbons (Fsp3) is 1.00. The summed E-state index contributed by atoms with van der Waals surface area (Å²) < 4.78 is 5.74. The number of rotatable bonds is 5. The zero-order valence-electron chi connectivity index (χ0n) is 12.3. The quantitative estimate of drug-likeness (QED) is 0.802. The Bertz CT molecular complexity index is 225. The van der Waals surface area contributed by atoms with Gasteiger partial charge in [-0.15, -0.1) is 0 Å². The van der Waals surface area contributed by atoms with Crippen molar-refractivity contribution in [1.82, 2.24) is 5.32 Å². The highest BCUT2D eigenvalue weighted by Gasteiger charge is 2.33. The first-order chi connectivity index (χ1) is 8.73. The predicted molar refractivity (Wildman–Crippen MR) is 76.9 cm³/mol. The van der Waals surface area contributed by atoms with Crippen molar-refractivity contribution in [2.75, 3.05) is 13.2 Å². The summed E-state index contributed by atoms with van der Waals surface area (Å²) in [7, 11) is 0. The molecule has 0 saturated carbocycles. The lowest BCUT2D eigenvalue weighted by atomic mass is 9.78. The first-order valence-electron chi connectivity index (χ1n) is 8.09. The normalized spacial score (nSPS) is 33.8. The average molecular weight is 253 g/mol. The summed E-state index contributed by atoms with van der Waals surface area (Å²) in [5.41, 5.74) is 0.412. The largest absolute Gasteiger partial charge is 0.378 e. The van der Waals surface area contributed by atoms with Crippen molar-refractivity contribution in [3.05, 3.63) is 0 Å². The van der Waals surface area contributed by atoms with Crippen LogP contribution in [0.3, 0.4) is 0 Å². The molecule has 2 heteroatoms. The molecule has 0 aromatic heterocycles. The van der Waals surface area contributed by atoms with E-state index in [2.05, 4.69) is 19.2 Å². The molecule has 2 aliphatic heterocycles. The Morgan fingerprint density at radius 1 is 1.22 bits per heavy atom. The highest BCUT2D eigenvalue weighted by molar-refractivity contribution is 4.92. The van der Waals surface area contributed by atoms with Crippen LogP contribution in [0.1, 0.15) is 71.6 Å². The number of hydrogen-bond acceptors (Lipinski definition) is 2. The SMILES string of the molecule is CC(C)C1(CCCC2CCCO2)CCCCCN1. The summed E-state index contributed by atoms with van der Waals surface area (Å²) in [4.78, 5) is 0. The van der Waals surface area contributed by atoms with Crippen molar-refractivity contribution in [3.63, 3.8) is 0 Å². The molecule has 1 N–H and O–H groups in total. The van der Waals surface area contributed by atoms with Crippen LogP contribution >= 0.6 is 0 Å². The van der Waals surface area contributed by atoms with Crippen LogP contribution in [0.4, 0.5) is 0 Å². The van der Waals surface area contributed by atoms with E-state index < -0.39 is 0 Å². The highest BCUT2D eigenvalue weighted by atomic mass is 16.5. The van der Waals surface area contributed by atoms with Gasteiger partial charge in [0.1, 0.15) is 0 Å². The number of hydrogen-bond donors (Lipinski definition) is 1. The fourth-order valence-electron chi connectivity index (χ4n) is 3.68. The summed E-state index contributed by atoms with van der Waals surface area (Å²) in [6.07, 6.45) is 12.6. The van der Waals surface area contributed by atoms with E-state index >= 15 is 0 Å². The van der Waals surface area contributed by atoms with Gasteiger partial charge in [-0.05, 0) is 57.4 Å². The highest BCUT2D eigenvalue weighted by Crippen LogP contribution is 2.32. The summed E-state index contributed by atoms with van der Waals surface area (Å²) >= 11 is 0. The lowest BCUT2D eigenvalue weighted by Crippen LogP contribution is -2.49. The Morgan fingerprint density at radius 3 is 2.83 bits per heavy atom. The van der Waals surface area contributed by atoms with Crippen molar-refractivity contribution < 1.29 is 4.74 Å². The van der Waals surface area contributed by atoms with Gasteiger partial charge in [0.15, 0.2) is 0 Å². The Hall–Kier alpha value is -0.0800. The van der Waals surface area contributed by atoms with Crippen molar-refractivity contribution in [2.45, 2.75) is 83.3 Å². The van der Waals surface area contributed by atoms with Crippen LogP contribution in [-0.2, 0) is 4.74 Å². The van der Waals surface area contributed by atoms with E-state index in [1.165, 1.54) is 64.3 Å². The third kappa shape index (κ3) is 3.71. The summed E-state index contributed by atoms with van der Waals surface area (Å²) in [5.74, 6) is 0.750. The molecule has 2 fully saturated rings. The van der Waals surface area contributed by atoms with Gasteiger partial charge in [0.25, 0.3) is 0 Å². The molecule has 0 bridgehead atoms. The molecule has 106 valence electrons.